The highest BCUT2D eigenvalue weighted by Crippen LogP contribution is 2.32. The molecule has 7 nitrogen and oxygen atoms in total. The van der Waals surface area contributed by atoms with Crippen LogP contribution in [0.15, 0.2) is 42.7 Å². The molecule has 0 aliphatic carbocycles. The van der Waals surface area contributed by atoms with Crippen LogP contribution in [0.3, 0.4) is 0 Å². The van der Waals surface area contributed by atoms with Crippen molar-refractivity contribution in [3.63, 3.8) is 0 Å². The summed E-state index contributed by atoms with van der Waals surface area (Å²) >= 11 is 1.64. The zero-order valence-corrected chi connectivity index (χ0v) is 18.5. The second-order valence-electron chi connectivity index (χ2n) is 7.23. The molecule has 0 fully saturated rings. The molecule has 4 rings (SSSR count). The van der Waals surface area contributed by atoms with E-state index in [2.05, 4.69) is 40.5 Å². The molecule has 0 radical (unpaired) electrons. The van der Waals surface area contributed by atoms with Gasteiger partial charge in [-0.05, 0) is 44.0 Å². The van der Waals surface area contributed by atoms with E-state index >= 15 is 0 Å². The lowest BCUT2D eigenvalue weighted by Crippen LogP contribution is -2.02. The molecular weight excluding hydrogens is 396 g/mol. The van der Waals surface area contributed by atoms with E-state index in [1.807, 2.05) is 47.9 Å². The lowest BCUT2D eigenvalue weighted by atomic mass is 10.1. The Morgan fingerprint density at radius 2 is 1.93 bits per heavy atom. The summed E-state index contributed by atoms with van der Waals surface area (Å²) in [5.41, 5.74) is 5.55. The van der Waals surface area contributed by atoms with Gasteiger partial charge >= 0.3 is 0 Å². The van der Waals surface area contributed by atoms with Crippen molar-refractivity contribution >= 4 is 16.5 Å². The first kappa shape index (κ1) is 20.2. The van der Waals surface area contributed by atoms with Gasteiger partial charge in [-0.3, -0.25) is 9.36 Å². The van der Waals surface area contributed by atoms with E-state index in [1.165, 1.54) is 11.1 Å². The molecule has 4 aromatic rings. The maximum Gasteiger partial charge on any atom is 0.183 e. The molecule has 0 aliphatic heterocycles. The van der Waals surface area contributed by atoms with Gasteiger partial charge in [-0.1, -0.05) is 23.5 Å². The number of ether oxygens (including phenoxy) is 1. The van der Waals surface area contributed by atoms with Crippen LogP contribution in [0, 0.1) is 13.8 Å². The fourth-order valence-electron chi connectivity index (χ4n) is 3.24. The van der Waals surface area contributed by atoms with Gasteiger partial charge in [-0.2, -0.15) is 10.2 Å². The number of hydrogen-bond acceptors (Lipinski definition) is 6. The number of methoxy groups -OCH3 is 1. The minimum Gasteiger partial charge on any atom is -0.497 e. The number of thiazole rings is 1. The SMILES string of the molecule is COc1ccc(CCn2ccc(-c3sc(NCc4cnn(C)c4C)nc3C)n2)cc1. The summed E-state index contributed by atoms with van der Waals surface area (Å²) in [6.45, 7) is 5.64. The highest BCUT2D eigenvalue weighted by atomic mass is 32.1. The molecule has 0 saturated carbocycles. The summed E-state index contributed by atoms with van der Waals surface area (Å²) in [6.07, 6.45) is 4.85. The van der Waals surface area contributed by atoms with Gasteiger partial charge in [0.25, 0.3) is 0 Å². The summed E-state index contributed by atoms with van der Waals surface area (Å²) in [5, 5.41) is 13.4. The van der Waals surface area contributed by atoms with Crippen molar-refractivity contribution < 1.29 is 4.74 Å². The van der Waals surface area contributed by atoms with E-state index < -0.39 is 0 Å². The van der Waals surface area contributed by atoms with Crippen LogP contribution in [0.2, 0.25) is 0 Å². The van der Waals surface area contributed by atoms with Crippen molar-refractivity contribution in [2.24, 2.45) is 7.05 Å². The predicted molar refractivity (Wildman–Crippen MR) is 120 cm³/mol. The zero-order chi connectivity index (χ0) is 21.1. The van der Waals surface area contributed by atoms with E-state index in [1.54, 1.807) is 18.4 Å². The number of aromatic nitrogens is 5. The van der Waals surface area contributed by atoms with Crippen molar-refractivity contribution in [3.8, 4) is 16.3 Å². The van der Waals surface area contributed by atoms with Gasteiger partial charge in [0, 0.05) is 37.6 Å². The van der Waals surface area contributed by atoms with Gasteiger partial charge in [0.05, 0.1) is 23.9 Å². The number of nitrogens with zero attached hydrogens (tertiary/aromatic N) is 5. The van der Waals surface area contributed by atoms with E-state index in [0.29, 0.717) is 6.54 Å². The lowest BCUT2D eigenvalue weighted by Gasteiger charge is -2.04. The first-order valence-corrected chi connectivity index (χ1v) is 10.7. The van der Waals surface area contributed by atoms with Crippen molar-refractivity contribution in [2.45, 2.75) is 33.4 Å². The fraction of sp³-hybridized carbons (Fsp3) is 0.318. The van der Waals surface area contributed by atoms with E-state index in [-0.39, 0.29) is 0 Å². The summed E-state index contributed by atoms with van der Waals surface area (Å²) in [4.78, 5) is 5.78. The van der Waals surface area contributed by atoms with E-state index in [0.717, 1.165) is 45.8 Å². The Bertz CT molecular complexity index is 1130. The number of anilines is 1. The van der Waals surface area contributed by atoms with Gasteiger partial charge in [-0.25, -0.2) is 4.98 Å². The zero-order valence-electron chi connectivity index (χ0n) is 17.7. The molecule has 1 aromatic carbocycles. The minimum atomic E-state index is 0.711. The van der Waals surface area contributed by atoms with Crippen LogP contribution in [0.5, 0.6) is 5.75 Å². The standard InChI is InChI=1S/C22H26N6OS/c1-15-21(30-22(25-15)23-13-18-14-24-27(3)16(18)2)20-10-12-28(26-20)11-9-17-5-7-19(29-4)8-6-17/h5-8,10,12,14H,9,11,13H2,1-4H3,(H,23,25). The fourth-order valence-corrected chi connectivity index (χ4v) is 4.17. The number of rotatable bonds is 8. The molecule has 30 heavy (non-hydrogen) atoms. The Morgan fingerprint density at radius 1 is 1.13 bits per heavy atom. The van der Waals surface area contributed by atoms with Gasteiger partial charge in [0.15, 0.2) is 5.13 Å². The third-order valence-corrected chi connectivity index (χ3v) is 6.36. The highest BCUT2D eigenvalue weighted by molar-refractivity contribution is 7.19. The highest BCUT2D eigenvalue weighted by Gasteiger charge is 2.13. The maximum atomic E-state index is 5.22. The Kier molecular flexibility index (Phi) is 5.85. The van der Waals surface area contributed by atoms with Crippen LogP contribution in [0.25, 0.3) is 10.6 Å². The Hall–Kier alpha value is -3.13. The first-order chi connectivity index (χ1) is 14.5. The molecule has 0 saturated heterocycles. The summed E-state index contributed by atoms with van der Waals surface area (Å²) in [5.74, 6) is 0.879. The molecule has 156 valence electrons. The van der Waals surface area contributed by atoms with Crippen LogP contribution in [0.1, 0.15) is 22.5 Å². The van der Waals surface area contributed by atoms with Crippen molar-refractivity contribution in [2.75, 3.05) is 12.4 Å². The van der Waals surface area contributed by atoms with Crippen LogP contribution >= 0.6 is 11.3 Å². The normalized spacial score (nSPS) is 11.1. The van der Waals surface area contributed by atoms with Gasteiger partial charge in [0.2, 0.25) is 0 Å². The summed E-state index contributed by atoms with van der Waals surface area (Å²) in [7, 11) is 3.64. The second kappa shape index (κ2) is 8.71. The Balaban J connectivity index is 1.39. The molecule has 0 aliphatic rings. The smallest absolute Gasteiger partial charge is 0.183 e. The van der Waals surface area contributed by atoms with Crippen LogP contribution in [-0.4, -0.2) is 31.7 Å². The number of nitrogens with one attached hydrogen (secondary N) is 1. The van der Waals surface area contributed by atoms with Crippen LogP contribution in [0.4, 0.5) is 5.13 Å². The van der Waals surface area contributed by atoms with Gasteiger partial charge < -0.3 is 10.1 Å². The maximum absolute atomic E-state index is 5.22. The molecule has 1 N–H and O–H groups in total. The van der Waals surface area contributed by atoms with Gasteiger partial charge in [0.1, 0.15) is 11.4 Å². The average molecular weight is 423 g/mol. The quantitative estimate of drug-likeness (QED) is 0.460. The van der Waals surface area contributed by atoms with Crippen LogP contribution in [-0.2, 0) is 26.6 Å². The molecular formula is C22H26N6OS. The molecule has 0 atom stereocenters. The molecule has 0 bridgehead atoms. The molecule has 3 heterocycles. The number of benzene rings is 1. The molecule has 3 aromatic heterocycles. The lowest BCUT2D eigenvalue weighted by molar-refractivity contribution is 0.414. The van der Waals surface area contributed by atoms with Crippen molar-refractivity contribution in [1.29, 1.82) is 0 Å². The minimum absolute atomic E-state index is 0.711. The number of aryl methyl sites for hydroxylation is 4. The largest absolute Gasteiger partial charge is 0.497 e. The predicted octanol–water partition coefficient (Wildman–Crippen LogP) is 4.22. The molecule has 0 amide bonds. The molecule has 0 spiro atoms. The Labute approximate surface area is 180 Å². The average Bonchev–Trinajstić information content (AvgIpc) is 3.45. The van der Waals surface area contributed by atoms with Crippen LogP contribution < -0.4 is 10.1 Å². The molecule has 8 heteroatoms. The Morgan fingerprint density at radius 3 is 2.63 bits per heavy atom. The van der Waals surface area contributed by atoms with E-state index in [9.17, 15) is 0 Å². The van der Waals surface area contributed by atoms with Crippen molar-refractivity contribution in [3.05, 3.63) is 65.2 Å². The van der Waals surface area contributed by atoms with Crippen molar-refractivity contribution in [1.82, 2.24) is 24.5 Å². The third-order valence-electron chi connectivity index (χ3n) is 5.23. The molecule has 0 unspecified atom stereocenters. The van der Waals surface area contributed by atoms with E-state index in [4.69, 9.17) is 9.84 Å². The topological polar surface area (TPSA) is 69.8 Å². The summed E-state index contributed by atoms with van der Waals surface area (Å²) in [6, 6.07) is 10.2. The monoisotopic (exact) mass is 422 g/mol. The van der Waals surface area contributed by atoms with Gasteiger partial charge in [-0.15, -0.1) is 0 Å². The number of hydrogen-bond donors (Lipinski definition) is 1. The summed E-state index contributed by atoms with van der Waals surface area (Å²) < 4.78 is 9.09. The second-order valence-corrected chi connectivity index (χ2v) is 8.23. The third kappa shape index (κ3) is 4.38. The first-order valence-electron chi connectivity index (χ1n) is 9.89.